The van der Waals surface area contributed by atoms with Crippen LogP contribution in [-0.2, 0) is 13.1 Å². The minimum atomic E-state index is -0.0914. The summed E-state index contributed by atoms with van der Waals surface area (Å²) in [5, 5.41) is 9.36. The van der Waals surface area contributed by atoms with Crippen LogP contribution in [0.2, 0.25) is 0 Å². The van der Waals surface area contributed by atoms with Crippen LogP contribution in [-0.4, -0.2) is 18.9 Å². The van der Waals surface area contributed by atoms with Crippen LogP contribution in [0.4, 0.5) is 5.69 Å². The number of rotatable bonds is 6. The molecule has 3 N–H and O–H groups in total. The maximum absolute atomic E-state index is 11.7. The molecular formula is C24H26N4O. The number of para-hydroxylation sites is 1. The molecule has 0 fully saturated rings. The van der Waals surface area contributed by atoms with Gasteiger partial charge in [-0.1, -0.05) is 60.2 Å². The Balaban J connectivity index is 1.70. The Morgan fingerprint density at radius 2 is 1.52 bits per heavy atom. The first kappa shape index (κ1) is 20.1. The van der Waals surface area contributed by atoms with E-state index in [-0.39, 0.29) is 5.91 Å². The average molecular weight is 386 g/mol. The highest BCUT2D eigenvalue weighted by atomic mass is 16.1. The Morgan fingerprint density at radius 1 is 0.862 bits per heavy atom. The Bertz CT molecular complexity index is 948. The van der Waals surface area contributed by atoms with Crippen molar-refractivity contribution in [3.8, 4) is 0 Å². The van der Waals surface area contributed by atoms with Crippen molar-refractivity contribution in [3.63, 3.8) is 0 Å². The van der Waals surface area contributed by atoms with Crippen molar-refractivity contribution >= 4 is 17.6 Å². The molecule has 0 spiro atoms. The Morgan fingerprint density at radius 3 is 2.17 bits per heavy atom. The molecule has 0 aliphatic rings. The molecule has 3 rings (SSSR count). The summed E-state index contributed by atoms with van der Waals surface area (Å²) in [7, 11) is 1.63. The molecule has 0 aromatic heterocycles. The van der Waals surface area contributed by atoms with Crippen LogP contribution >= 0.6 is 0 Å². The number of guanidine groups is 1. The largest absolute Gasteiger partial charge is 0.355 e. The number of anilines is 1. The Hall–Kier alpha value is -3.60. The number of aryl methyl sites for hydroxylation is 1. The summed E-state index contributed by atoms with van der Waals surface area (Å²) in [6.07, 6.45) is 0. The fourth-order valence-corrected chi connectivity index (χ4v) is 2.77. The van der Waals surface area contributed by atoms with Gasteiger partial charge in [-0.15, -0.1) is 0 Å². The lowest BCUT2D eigenvalue weighted by Gasteiger charge is -2.13. The molecule has 0 saturated carbocycles. The molecule has 148 valence electrons. The molecule has 29 heavy (non-hydrogen) atoms. The molecule has 0 aliphatic heterocycles. The molecule has 1 amide bonds. The van der Waals surface area contributed by atoms with Crippen molar-refractivity contribution < 1.29 is 4.79 Å². The van der Waals surface area contributed by atoms with Crippen molar-refractivity contribution in [1.29, 1.82) is 0 Å². The van der Waals surface area contributed by atoms with E-state index in [1.165, 1.54) is 11.1 Å². The molecule has 0 saturated heterocycles. The van der Waals surface area contributed by atoms with Crippen LogP contribution in [0.15, 0.2) is 83.9 Å². The Kier molecular flexibility index (Phi) is 7.00. The zero-order chi connectivity index (χ0) is 20.5. The van der Waals surface area contributed by atoms with Crippen molar-refractivity contribution in [2.75, 3.05) is 12.4 Å². The van der Waals surface area contributed by atoms with Crippen molar-refractivity contribution in [2.45, 2.75) is 20.0 Å². The van der Waals surface area contributed by atoms with Gasteiger partial charge in [0.25, 0.3) is 5.91 Å². The van der Waals surface area contributed by atoms with E-state index >= 15 is 0 Å². The zero-order valence-corrected chi connectivity index (χ0v) is 16.8. The zero-order valence-electron chi connectivity index (χ0n) is 16.8. The van der Waals surface area contributed by atoms with Crippen molar-refractivity contribution in [1.82, 2.24) is 10.6 Å². The van der Waals surface area contributed by atoms with Crippen LogP contribution in [0.5, 0.6) is 0 Å². The molecule has 5 nitrogen and oxygen atoms in total. The first-order valence-electron chi connectivity index (χ1n) is 9.61. The van der Waals surface area contributed by atoms with Gasteiger partial charge in [-0.2, -0.15) is 0 Å². The van der Waals surface area contributed by atoms with Crippen molar-refractivity contribution in [3.05, 3.63) is 101 Å². The van der Waals surface area contributed by atoms with Crippen LogP contribution in [0.1, 0.15) is 27.0 Å². The number of hydrogen-bond acceptors (Lipinski definition) is 2. The maximum Gasteiger partial charge on any atom is 0.251 e. The highest BCUT2D eigenvalue weighted by Crippen LogP contribution is 2.09. The number of hydrogen-bond donors (Lipinski definition) is 3. The SMILES string of the molecule is CNC(=O)c1ccc(CN=C(NCc2ccc(C)cc2)Nc2ccccc2)cc1. The van der Waals surface area contributed by atoms with Gasteiger partial charge in [0, 0.05) is 24.8 Å². The minimum absolute atomic E-state index is 0.0914. The predicted molar refractivity (Wildman–Crippen MR) is 119 cm³/mol. The van der Waals surface area contributed by atoms with Crippen LogP contribution in [0.3, 0.4) is 0 Å². The molecule has 3 aromatic rings. The fraction of sp³-hybridized carbons (Fsp3) is 0.167. The van der Waals surface area contributed by atoms with E-state index in [9.17, 15) is 4.79 Å². The molecule has 0 bridgehead atoms. The summed E-state index contributed by atoms with van der Waals surface area (Å²) < 4.78 is 0. The Labute approximate surface area is 171 Å². The van der Waals surface area contributed by atoms with Gasteiger partial charge in [-0.3, -0.25) is 4.79 Å². The summed E-state index contributed by atoms with van der Waals surface area (Å²) in [6.45, 7) is 3.26. The smallest absolute Gasteiger partial charge is 0.251 e. The highest BCUT2D eigenvalue weighted by Gasteiger charge is 2.04. The third kappa shape index (κ3) is 6.21. The van der Waals surface area contributed by atoms with Crippen LogP contribution in [0.25, 0.3) is 0 Å². The number of carbonyl (C=O) groups is 1. The maximum atomic E-state index is 11.7. The lowest BCUT2D eigenvalue weighted by Crippen LogP contribution is -2.30. The first-order chi connectivity index (χ1) is 14.1. The van der Waals surface area contributed by atoms with E-state index in [4.69, 9.17) is 4.99 Å². The summed E-state index contributed by atoms with van der Waals surface area (Å²) in [4.78, 5) is 16.4. The molecule has 5 heteroatoms. The normalized spacial score (nSPS) is 11.0. The summed E-state index contributed by atoms with van der Waals surface area (Å²) in [6, 6.07) is 25.9. The monoisotopic (exact) mass is 386 g/mol. The van der Waals surface area contributed by atoms with Gasteiger partial charge < -0.3 is 16.0 Å². The third-order valence-electron chi connectivity index (χ3n) is 4.48. The van der Waals surface area contributed by atoms with E-state index in [0.29, 0.717) is 24.6 Å². The van der Waals surface area contributed by atoms with E-state index < -0.39 is 0 Å². The fourth-order valence-electron chi connectivity index (χ4n) is 2.77. The van der Waals surface area contributed by atoms with Gasteiger partial charge in [0.2, 0.25) is 0 Å². The number of benzene rings is 3. The molecule has 0 heterocycles. The lowest BCUT2D eigenvalue weighted by molar-refractivity contribution is 0.0963. The lowest BCUT2D eigenvalue weighted by atomic mass is 10.1. The molecule has 0 radical (unpaired) electrons. The second-order valence-electron chi connectivity index (χ2n) is 6.77. The van der Waals surface area contributed by atoms with Gasteiger partial charge in [0.15, 0.2) is 5.96 Å². The topological polar surface area (TPSA) is 65.5 Å². The summed E-state index contributed by atoms with van der Waals surface area (Å²) >= 11 is 0. The highest BCUT2D eigenvalue weighted by molar-refractivity contribution is 5.94. The second-order valence-corrected chi connectivity index (χ2v) is 6.77. The van der Waals surface area contributed by atoms with Crippen LogP contribution in [0, 0.1) is 6.92 Å². The molecule has 0 unspecified atom stereocenters. The molecule has 0 atom stereocenters. The van der Waals surface area contributed by atoms with Gasteiger partial charge in [0.05, 0.1) is 6.54 Å². The standard InChI is InChI=1S/C24H26N4O/c1-18-8-10-19(11-9-18)16-26-24(28-22-6-4-3-5-7-22)27-17-20-12-14-21(15-13-20)23(29)25-2/h3-15H,16-17H2,1-2H3,(H,25,29)(H2,26,27,28). The third-order valence-corrected chi connectivity index (χ3v) is 4.48. The van der Waals surface area contributed by atoms with E-state index in [1.54, 1.807) is 7.05 Å². The molecular weight excluding hydrogens is 360 g/mol. The van der Waals surface area contributed by atoms with Gasteiger partial charge in [-0.05, 0) is 42.3 Å². The predicted octanol–water partition coefficient (Wildman–Crippen LogP) is 4.11. The summed E-state index contributed by atoms with van der Waals surface area (Å²) in [5.41, 5.74) is 5.07. The number of aliphatic imine (C=N–C) groups is 1. The van der Waals surface area contributed by atoms with E-state index in [0.717, 1.165) is 11.3 Å². The molecule has 3 aromatic carbocycles. The minimum Gasteiger partial charge on any atom is -0.355 e. The number of carbonyl (C=O) groups excluding carboxylic acids is 1. The summed E-state index contributed by atoms with van der Waals surface area (Å²) in [5.74, 6) is 0.610. The molecule has 0 aliphatic carbocycles. The van der Waals surface area contributed by atoms with Crippen molar-refractivity contribution in [2.24, 2.45) is 4.99 Å². The first-order valence-corrected chi connectivity index (χ1v) is 9.61. The number of amides is 1. The van der Waals surface area contributed by atoms with Gasteiger partial charge in [0.1, 0.15) is 0 Å². The average Bonchev–Trinajstić information content (AvgIpc) is 2.77. The number of nitrogens with one attached hydrogen (secondary N) is 3. The van der Waals surface area contributed by atoms with Gasteiger partial charge >= 0.3 is 0 Å². The van der Waals surface area contributed by atoms with E-state index in [2.05, 4.69) is 47.1 Å². The second kappa shape index (κ2) is 10.1. The van der Waals surface area contributed by atoms with E-state index in [1.807, 2.05) is 54.6 Å². The van der Waals surface area contributed by atoms with Gasteiger partial charge in [-0.25, -0.2) is 4.99 Å². The quantitative estimate of drug-likeness (QED) is 0.441. The number of nitrogens with zero attached hydrogens (tertiary/aromatic N) is 1. The van der Waals surface area contributed by atoms with Crippen LogP contribution < -0.4 is 16.0 Å².